The van der Waals surface area contributed by atoms with E-state index in [2.05, 4.69) is 38.3 Å². The van der Waals surface area contributed by atoms with Crippen LogP contribution in [-0.2, 0) is 11.2 Å². The molecule has 3 aliphatic rings. The van der Waals surface area contributed by atoms with Gasteiger partial charge >= 0.3 is 6.09 Å². The van der Waals surface area contributed by atoms with Gasteiger partial charge in [0.1, 0.15) is 11.9 Å². The quantitative estimate of drug-likeness (QED) is 0.386. The fourth-order valence-electron chi connectivity index (χ4n) is 5.06. The van der Waals surface area contributed by atoms with Gasteiger partial charge in [-0.1, -0.05) is 70.5 Å². The number of carbonyl (C=O) groups excluding carboxylic acids is 1. The van der Waals surface area contributed by atoms with Crippen LogP contribution in [0.1, 0.15) is 35.6 Å². The monoisotopic (exact) mass is 534 g/mol. The lowest BCUT2D eigenvalue weighted by Gasteiger charge is -2.43. The van der Waals surface area contributed by atoms with Crippen molar-refractivity contribution in [1.29, 1.82) is 0 Å². The molecule has 6 rings (SSSR count). The molecule has 182 valence electrons. The molecule has 3 aliphatic heterocycles. The van der Waals surface area contributed by atoms with Gasteiger partial charge in [0, 0.05) is 17.4 Å². The van der Waals surface area contributed by atoms with E-state index in [0.29, 0.717) is 12.5 Å². The van der Waals surface area contributed by atoms with Gasteiger partial charge in [0.25, 0.3) is 0 Å². The first-order chi connectivity index (χ1) is 17.1. The molecule has 0 spiro atoms. The maximum atomic E-state index is 13.0. The first-order valence-corrected chi connectivity index (χ1v) is 13.1. The lowest BCUT2D eigenvalue weighted by atomic mass is 9.86. The summed E-state index contributed by atoms with van der Waals surface area (Å²) in [6.45, 7) is 3.66. The topological polar surface area (TPSA) is 50.8 Å². The van der Waals surface area contributed by atoms with Gasteiger partial charge < -0.3 is 14.8 Å². The minimum absolute atomic E-state index is 0.0257. The molecule has 35 heavy (non-hydrogen) atoms. The van der Waals surface area contributed by atoms with E-state index in [1.807, 2.05) is 66.7 Å². The van der Waals surface area contributed by atoms with Crippen molar-refractivity contribution in [2.75, 3.05) is 26.2 Å². The number of carbonyl (C=O) groups is 1. The lowest BCUT2D eigenvalue weighted by molar-refractivity contribution is -0.0336. The molecular weight excluding hydrogens is 504 g/mol. The Morgan fingerprint density at radius 3 is 2.43 bits per heavy atom. The zero-order valence-corrected chi connectivity index (χ0v) is 21.3. The van der Waals surface area contributed by atoms with E-state index in [1.54, 1.807) is 0 Å². The number of hydrogen-bond acceptors (Lipinski definition) is 4. The molecule has 2 atom stereocenters. The Morgan fingerprint density at radius 2 is 1.71 bits per heavy atom. The Bertz CT molecular complexity index is 1110. The van der Waals surface area contributed by atoms with E-state index in [9.17, 15) is 4.79 Å². The third kappa shape index (κ3) is 6.24. The summed E-state index contributed by atoms with van der Waals surface area (Å²) >= 11 is 3.47. The van der Waals surface area contributed by atoms with Gasteiger partial charge in [-0.05, 0) is 72.8 Å². The van der Waals surface area contributed by atoms with Gasteiger partial charge in [-0.25, -0.2) is 4.79 Å². The summed E-state index contributed by atoms with van der Waals surface area (Å²) in [5.41, 5.74) is 3.19. The Morgan fingerprint density at radius 1 is 0.971 bits per heavy atom. The van der Waals surface area contributed by atoms with Gasteiger partial charge in [0.2, 0.25) is 0 Å². The summed E-state index contributed by atoms with van der Waals surface area (Å²) in [6.07, 6.45) is 2.66. The number of amides is 1. The molecule has 6 heteroatoms. The molecule has 0 radical (unpaired) electrons. The van der Waals surface area contributed by atoms with E-state index in [-0.39, 0.29) is 18.2 Å². The molecule has 5 nitrogen and oxygen atoms in total. The molecular formula is C29H31BrN2O3. The number of rotatable bonds is 8. The first-order valence-electron chi connectivity index (χ1n) is 12.4. The van der Waals surface area contributed by atoms with Crippen molar-refractivity contribution in [3.05, 3.63) is 100 Å². The molecule has 2 bridgehead atoms. The van der Waals surface area contributed by atoms with Crippen LogP contribution in [0.4, 0.5) is 4.79 Å². The minimum Gasteiger partial charge on any atom is -0.493 e. The third-order valence-corrected chi connectivity index (χ3v) is 7.54. The van der Waals surface area contributed by atoms with E-state index < -0.39 is 0 Å². The van der Waals surface area contributed by atoms with Crippen LogP contribution in [0.15, 0.2) is 83.3 Å². The molecule has 3 heterocycles. The normalized spacial score (nSPS) is 21.8. The number of halogens is 1. The van der Waals surface area contributed by atoms with E-state index in [1.165, 1.54) is 5.56 Å². The zero-order chi connectivity index (χ0) is 24.0. The van der Waals surface area contributed by atoms with E-state index in [0.717, 1.165) is 60.2 Å². The maximum Gasteiger partial charge on any atom is 0.408 e. The highest BCUT2D eigenvalue weighted by Crippen LogP contribution is 2.30. The fourth-order valence-corrected chi connectivity index (χ4v) is 5.32. The van der Waals surface area contributed by atoms with Gasteiger partial charge in [-0.2, -0.15) is 0 Å². The van der Waals surface area contributed by atoms with Crippen molar-refractivity contribution < 1.29 is 14.3 Å². The smallest absolute Gasteiger partial charge is 0.408 e. The van der Waals surface area contributed by atoms with Crippen LogP contribution in [0, 0.1) is 5.92 Å². The van der Waals surface area contributed by atoms with Crippen molar-refractivity contribution >= 4 is 22.0 Å². The highest BCUT2D eigenvalue weighted by molar-refractivity contribution is 9.10. The van der Waals surface area contributed by atoms with Crippen molar-refractivity contribution in [2.24, 2.45) is 5.92 Å². The van der Waals surface area contributed by atoms with Crippen LogP contribution in [-0.4, -0.2) is 43.3 Å². The summed E-state index contributed by atoms with van der Waals surface area (Å²) in [6, 6.07) is 25.9. The number of piperidine rings is 3. The molecule has 3 aromatic rings. The average molecular weight is 535 g/mol. The van der Waals surface area contributed by atoms with Crippen molar-refractivity contribution in [2.45, 2.75) is 31.4 Å². The molecule has 0 aliphatic carbocycles. The Kier molecular flexibility index (Phi) is 7.69. The summed E-state index contributed by atoms with van der Waals surface area (Å²) in [4.78, 5) is 15.4. The van der Waals surface area contributed by atoms with E-state index in [4.69, 9.17) is 9.47 Å². The van der Waals surface area contributed by atoms with Crippen LogP contribution >= 0.6 is 15.9 Å². The zero-order valence-electron chi connectivity index (χ0n) is 19.7. The average Bonchev–Trinajstić information content (AvgIpc) is 2.90. The number of nitrogens with zero attached hydrogens (tertiary/aromatic N) is 1. The largest absolute Gasteiger partial charge is 0.493 e. The second-order valence-corrected chi connectivity index (χ2v) is 10.3. The predicted octanol–water partition coefficient (Wildman–Crippen LogP) is 5.98. The summed E-state index contributed by atoms with van der Waals surface area (Å²) in [7, 11) is 0. The maximum absolute atomic E-state index is 13.0. The van der Waals surface area contributed by atoms with Gasteiger partial charge in [-0.3, -0.25) is 4.90 Å². The predicted molar refractivity (Wildman–Crippen MR) is 141 cm³/mol. The molecule has 1 N–H and O–H groups in total. The summed E-state index contributed by atoms with van der Waals surface area (Å²) in [5, 5.41) is 3.13. The van der Waals surface area contributed by atoms with Crippen LogP contribution in [0.3, 0.4) is 0 Å². The van der Waals surface area contributed by atoms with Crippen LogP contribution < -0.4 is 10.1 Å². The fraction of sp³-hybridized carbons (Fsp3) is 0.345. The number of benzene rings is 3. The molecule has 1 amide bonds. The number of hydrogen-bond donors (Lipinski definition) is 1. The molecule has 3 aromatic carbocycles. The standard InChI is InChI=1S/C29H31BrN2O3/c30-25-11-9-21(10-12-25)15-18-34-26-8-4-7-24(19-26)28(23-5-2-1-3-6-23)31-29(33)35-27-20-32-16-13-22(27)14-17-32/h1-12,19,22,27-28H,13-18,20H2,(H,31,33)/t27-,28?/m0/s1. The highest BCUT2D eigenvalue weighted by Gasteiger charge is 2.36. The highest BCUT2D eigenvalue weighted by atomic mass is 79.9. The molecule has 0 saturated carbocycles. The molecule has 1 unspecified atom stereocenters. The Balaban J connectivity index is 1.26. The van der Waals surface area contributed by atoms with Gasteiger partial charge in [0.05, 0.1) is 12.6 Å². The number of nitrogens with one attached hydrogen (secondary N) is 1. The van der Waals surface area contributed by atoms with Crippen LogP contribution in [0.2, 0.25) is 0 Å². The third-order valence-electron chi connectivity index (χ3n) is 7.01. The van der Waals surface area contributed by atoms with E-state index >= 15 is 0 Å². The van der Waals surface area contributed by atoms with Crippen LogP contribution in [0.25, 0.3) is 0 Å². The van der Waals surface area contributed by atoms with Gasteiger partial charge in [-0.15, -0.1) is 0 Å². The molecule has 0 aromatic heterocycles. The summed E-state index contributed by atoms with van der Waals surface area (Å²) in [5.74, 6) is 1.26. The SMILES string of the molecule is O=C(NC(c1ccccc1)c1cccc(OCCc2ccc(Br)cc2)c1)O[C@H]1CN2CCC1CC2. The number of alkyl carbamates (subject to hydrolysis) is 1. The molecule has 3 saturated heterocycles. The van der Waals surface area contributed by atoms with Crippen molar-refractivity contribution in [3.8, 4) is 5.75 Å². The summed E-state index contributed by atoms with van der Waals surface area (Å²) < 4.78 is 13.1. The lowest BCUT2D eigenvalue weighted by Crippen LogP contribution is -2.52. The minimum atomic E-state index is -0.362. The van der Waals surface area contributed by atoms with Gasteiger partial charge in [0.15, 0.2) is 0 Å². The van der Waals surface area contributed by atoms with Crippen molar-refractivity contribution in [1.82, 2.24) is 10.2 Å². The second kappa shape index (κ2) is 11.3. The number of ether oxygens (including phenoxy) is 2. The second-order valence-electron chi connectivity index (χ2n) is 9.37. The molecule has 3 fully saturated rings. The first kappa shape index (κ1) is 23.9. The Hall–Kier alpha value is -2.83. The van der Waals surface area contributed by atoms with Crippen molar-refractivity contribution in [3.63, 3.8) is 0 Å². The Labute approximate surface area is 215 Å². The van der Waals surface area contributed by atoms with Crippen LogP contribution in [0.5, 0.6) is 5.75 Å². The number of fused-ring (bicyclic) bond motifs is 3.